The molecule has 1 aromatic heterocycles. The largest absolute Gasteiger partial charge is 0.497 e. The number of pyridine rings is 1. The predicted molar refractivity (Wildman–Crippen MR) is 81.1 cm³/mol. The molecule has 0 atom stereocenters. The van der Waals surface area contributed by atoms with Gasteiger partial charge in [-0.2, -0.15) is 0 Å². The normalized spacial score (nSPS) is 10.0. The van der Waals surface area contributed by atoms with Crippen LogP contribution in [0.5, 0.6) is 5.75 Å². The number of rotatable bonds is 5. The van der Waals surface area contributed by atoms with E-state index >= 15 is 0 Å². The number of methoxy groups -OCH3 is 1. The first-order valence-electron chi connectivity index (χ1n) is 6.41. The molecule has 0 spiro atoms. The fourth-order valence-corrected chi connectivity index (χ4v) is 1.74. The number of nitrogens with one attached hydrogen (secondary N) is 1. The number of benzene rings is 1. The summed E-state index contributed by atoms with van der Waals surface area (Å²) < 4.78 is 23.3. The van der Waals surface area contributed by atoms with E-state index in [2.05, 4.69) is 10.3 Å². The third-order valence-electron chi connectivity index (χ3n) is 2.73. The summed E-state index contributed by atoms with van der Waals surface area (Å²) in [5, 5.41) is 2.83. The van der Waals surface area contributed by atoms with Gasteiger partial charge in [0, 0.05) is 12.3 Å². The maximum absolute atomic E-state index is 13.7. The molecular formula is C15H12ClFN2O4. The van der Waals surface area contributed by atoms with Crippen molar-refractivity contribution in [1.29, 1.82) is 0 Å². The minimum absolute atomic E-state index is 0.256. The molecule has 0 saturated carbocycles. The standard InChI is InChI=1S/C15H12ClFN2O4/c1-22-10-3-4-11(12(17)6-10)15(21)23-8-14(20)19-13-5-2-9(16)7-18-13/h2-7H,8H2,1H3,(H,18,19,20). The zero-order valence-electron chi connectivity index (χ0n) is 12.0. The van der Waals surface area contributed by atoms with Gasteiger partial charge in [0.25, 0.3) is 5.91 Å². The van der Waals surface area contributed by atoms with E-state index in [0.29, 0.717) is 5.02 Å². The molecule has 1 N–H and O–H groups in total. The third kappa shape index (κ3) is 4.65. The highest BCUT2D eigenvalue weighted by Crippen LogP contribution is 2.17. The van der Waals surface area contributed by atoms with Crippen molar-refractivity contribution in [2.75, 3.05) is 19.0 Å². The molecule has 0 aliphatic rings. The monoisotopic (exact) mass is 338 g/mol. The lowest BCUT2D eigenvalue weighted by Gasteiger charge is -2.07. The zero-order chi connectivity index (χ0) is 16.8. The lowest BCUT2D eigenvalue weighted by atomic mass is 10.2. The molecule has 0 unspecified atom stereocenters. The second-order valence-corrected chi connectivity index (χ2v) is 4.77. The van der Waals surface area contributed by atoms with Gasteiger partial charge < -0.3 is 14.8 Å². The molecule has 0 saturated heterocycles. The van der Waals surface area contributed by atoms with Gasteiger partial charge in [-0.05, 0) is 24.3 Å². The van der Waals surface area contributed by atoms with Crippen molar-refractivity contribution in [2.45, 2.75) is 0 Å². The first-order valence-corrected chi connectivity index (χ1v) is 6.79. The van der Waals surface area contributed by atoms with Gasteiger partial charge in [-0.3, -0.25) is 4.79 Å². The SMILES string of the molecule is COc1ccc(C(=O)OCC(=O)Nc2ccc(Cl)cn2)c(F)c1. The molecule has 2 aromatic rings. The Hall–Kier alpha value is -2.67. The first-order chi connectivity index (χ1) is 11.0. The van der Waals surface area contributed by atoms with Crippen LogP contribution in [-0.2, 0) is 9.53 Å². The van der Waals surface area contributed by atoms with Crippen molar-refractivity contribution in [3.63, 3.8) is 0 Å². The van der Waals surface area contributed by atoms with Gasteiger partial charge in [0.2, 0.25) is 0 Å². The van der Waals surface area contributed by atoms with Crippen LogP contribution in [-0.4, -0.2) is 30.6 Å². The van der Waals surface area contributed by atoms with Crippen molar-refractivity contribution in [3.05, 3.63) is 52.9 Å². The van der Waals surface area contributed by atoms with E-state index in [-0.39, 0.29) is 17.1 Å². The van der Waals surface area contributed by atoms with Crippen LogP contribution in [0, 0.1) is 5.82 Å². The fraction of sp³-hybridized carbons (Fsp3) is 0.133. The van der Waals surface area contributed by atoms with Crippen LogP contribution >= 0.6 is 11.6 Å². The molecule has 23 heavy (non-hydrogen) atoms. The number of aromatic nitrogens is 1. The molecule has 0 aliphatic heterocycles. The lowest BCUT2D eigenvalue weighted by Crippen LogP contribution is -2.21. The molecule has 120 valence electrons. The van der Waals surface area contributed by atoms with Crippen molar-refractivity contribution in [2.24, 2.45) is 0 Å². The maximum Gasteiger partial charge on any atom is 0.341 e. The molecule has 8 heteroatoms. The van der Waals surface area contributed by atoms with Crippen LogP contribution in [0.4, 0.5) is 10.2 Å². The molecule has 1 heterocycles. The van der Waals surface area contributed by atoms with E-state index in [1.54, 1.807) is 6.07 Å². The van der Waals surface area contributed by atoms with E-state index in [9.17, 15) is 14.0 Å². The highest BCUT2D eigenvalue weighted by atomic mass is 35.5. The molecule has 0 aliphatic carbocycles. The Morgan fingerprint density at radius 1 is 1.30 bits per heavy atom. The van der Waals surface area contributed by atoms with Gasteiger partial charge in [-0.25, -0.2) is 14.2 Å². The number of carbonyl (C=O) groups excluding carboxylic acids is 2. The predicted octanol–water partition coefficient (Wildman–Crippen LogP) is 2.68. The molecule has 1 aromatic carbocycles. The average Bonchev–Trinajstić information content (AvgIpc) is 2.54. The number of anilines is 1. The second-order valence-electron chi connectivity index (χ2n) is 4.33. The lowest BCUT2D eigenvalue weighted by molar-refractivity contribution is -0.119. The van der Waals surface area contributed by atoms with Crippen molar-refractivity contribution < 1.29 is 23.5 Å². The van der Waals surface area contributed by atoms with Crippen molar-refractivity contribution in [1.82, 2.24) is 4.98 Å². The molecule has 6 nitrogen and oxygen atoms in total. The molecule has 1 amide bonds. The van der Waals surface area contributed by atoms with Crippen LogP contribution in [0.25, 0.3) is 0 Å². The van der Waals surface area contributed by atoms with Gasteiger partial charge in [0.1, 0.15) is 17.4 Å². The second kappa shape index (κ2) is 7.55. The van der Waals surface area contributed by atoms with Crippen LogP contribution < -0.4 is 10.1 Å². The average molecular weight is 339 g/mol. The minimum atomic E-state index is -0.954. The van der Waals surface area contributed by atoms with Crippen molar-refractivity contribution in [3.8, 4) is 5.75 Å². The van der Waals surface area contributed by atoms with E-state index in [4.69, 9.17) is 21.1 Å². The number of nitrogens with zero attached hydrogens (tertiary/aromatic N) is 1. The van der Waals surface area contributed by atoms with Crippen LogP contribution in [0.15, 0.2) is 36.5 Å². The van der Waals surface area contributed by atoms with Crippen molar-refractivity contribution >= 4 is 29.3 Å². The molecule has 0 fully saturated rings. The summed E-state index contributed by atoms with van der Waals surface area (Å²) in [6.07, 6.45) is 1.36. The fourth-order valence-electron chi connectivity index (χ4n) is 1.63. The number of halogens is 2. The number of amides is 1. The quantitative estimate of drug-likeness (QED) is 0.848. The summed E-state index contributed by atoms with van der Waals surface area (Å²) in [6, 6.07) is 6.72. The van der Waals surface area contributed by atoms with Crippen LogP contribution in [0.2, 0.25) is 5.02 Å². The van der Waals surface area contributed by atoms with Gasteiger partial charge in [-0.15, -0.1) is 0 Å². The summed E-state index contributed by atoms with van der Waals surface area (Å²) in [5.41, 5.74) is -0.289. The Balaban J connectivity index is 1.91. The zero-order valence-corrected chi connectivity index (χ0v) is 12.8. The summed E-state index contributed by atoms with van der Waals surface area (Å²) in [4.78, 5) is 27.3. The Labute approximate surface area is 136 Å². The van der Waals surface area contributed by atoms with Crippen LogP contribution in [0.1, 0.15) is 10.4 Å². The number of carbonyl (C=O) groups is 2. The molecule has 2 rings (SSSR count). The highest BCUT2D eigenvalue weighted by Gasteiger charge is 2.15. The van der Waals surface area contributed by atoms with Gasteiger partial charge in [0.05, 0.1) is 17.7 Å². The van der Waals surface area contributed by atoms with E-state index in [0.717, 1.165) is 6.07 Å². The van der Waals surface area contributed by atoms with E-state index in [1.165, 1.54) is 31.5 Å². The molecule has 0 bridgehead atoms. The first kappa shape index (κ1) is 16.7. The number of ether oxygens (including phenoxy) is 2. The van der Waals surface area contributed by atoms with Gasteiger partial charge in [-0.1, -0.05) is 11.6 Å². The summed E-state index contributed by atoms with van der Waals surface area (Å²) in [5.74, 6) is -1.84. The van der Waals surface area contributed by atoms with Gasteiger partial charge >= 0.3 is 5.97 Å². The molecule has 0 radical (unpaired) electrons. The number of esters is 1. The van der Waals surface area contributed by atoms with E-state index < -0.39 is 24.3 Å². The Morgan fingerprint density at radius 3 is 2.70 bits per heavy atom. The molecular weight excluding hydrogens is 327 g/mol. The minimum Gasteiger partial charge on any atom is -0.497 e. The smallest absolute Gasteiger partial charge is 0.341 e. The Kier molecular flexibility index (Phi) is 5.48. The summed E-state index contributed by atoms with van der Waals surface area (Å²) in [7, 11) is 1.38. The Morgan fingerprint density at radius 2 is 2.09 bits per heavy atom. The summed E-state index contributed by atoms with van der Waals surface area (Å²) >= 11 is 5.67. The van der Waals surface area contributed by atoms with Gasteiger partial charge in [0.15, 0.2) is 6.61 Å². The van der Waals surface area contributed by atoms with E-state index in [1.807, 2.05) is 0 Å². The maximum atomic E-state index is 13.7. The van der Waals surface area contributed by atoms with Crippen LogP contribution in [0.3, 0.4) is 0 Å². The Bertz CT molecular complexity index is 722. The topological polar surface area (TPSA) is 77.5 Å². The number of hydrogen-bond donors (Lipinski definition) is 1. The summed E-state index contributed by atoms with van der Waals surface area (Å²) in [6.45, 7) is -0.575. The third-order valence-corrected chi connectivity index (χ3v) is 2.95. The number of hydrogen-bond acceptors (Lipinski definition) is 5. The highest BCUT2D eigenvalue weighted by molar-refractivity contribution is 6.30.